The molecule has 0 radical (unpaired) electrons. The zero-order valence-corrected chi connectivity index (χ0v) is 17.1. The highest BCUT2D eigenvalue weighted by atomic mass is 127. The van der Waals surface area contributed by atoms with Crippen LogP contribution in [-0.4, -0.2) is 50.3 Å². The lowest BCUT2D eigenvalue weighted by molar-refractivity contribution is 0.174. The van der Waals surface area contributed by atoms with Crippen molar-refractivity contribution in [3.8, 4) is 11.5 Å². The van der Waals surface area contributed by atoms with Gasteiger partial charge in [0.1, 0.15) is 0 Å². The topological polar surface area (TPSA) is 46.1 Å². The van der Waals surface area contributed by atoms with Crippen molar-refractivity contribution in [1.29, 1.82) is 0 Å². The number of hydrogen-bond donors (Lipinski definition) is 1. The molecule has 1 aliphatic rings. The van der Waals surface area contributed by atoms with E-state index in [1.165, 1.54) is 17.7 Å². The van der Waals surface area contributed by atoms with E-state index in [4.69, 9.17) is 9.47 Å². The number of thioether (sulfide) groups is 1. The van der Waals surface area contributed by atoms with Crippen molar-refractivity contribution in [1.82, 2.24) is 10.2 Å². The second kappa shape index (κ2) is 10.9. The van der Waals surface area contributed by atoms with Gasteiger partial charge >= 0.3 is 0 Å². The normalized spacial score (nSPS) is 12.7. The Bertz CT molecular complexity index is 514. The fraction of sp³-hybridized carbons (Fsp3) is 0.562. The lowest BCUT2D eigenvalue weighted by atomic mass is 10.2. The lowest BCUT2D eigenvalue weighted by Gasteiger charge is -2.22. The second-order valence-electron chi connectivity index (χ2n) is 5.22. The fourth-order valence-corrected chi connectivity index (χ4v) is 2.84. The molecule has 5 nitrogen and oxygen atoms in total. The van der Waals surface area contributed by atoms with E-state index in [9.17, 15) is 0 Å². The predicted octanol–water partition coefficient (Wildman–Crippen LogP) is 3.18. The number of halogens is 1. The highest BCUT2D eigenvalue weighted by Crippen LogP contribution is 2.32. The van der Waals surface area contributed by atoms with Crippen LogP contribution in [0.3, 0.4) is 0 Å². The van der Waals surface area contributed by atoms with Gasteiger partial charge in [-0.15, -0.1) is 24.0 Å². The van der Waals surface area contributed by atoms with Crippen molar-refractivity contribution >= 4 is 41.7 Å². The summed E-state index contributed by atoms with van der Waals surface area (Å²) < 4.78 is 10.8. The Morgan fingerprint density at radius 3 is 2.83 bits per heavy atom. The van der Waals surface area contributed by atoms with Crippen LogP contribution in [0.15, 0.2) is 23.2 Å². The largest absolute Gasteiger partial charge is 0.454 e. The molecule has 1 aromatic carbocycles. The van der Waals surface area contributed by atoms with E-state index >= 15 is 0 Å². The summed E-state index contributed by atoms with van der Waals surface area (Å²) in [6, 6.07) is 6.06. The van der Waals surface area contributed by atoms with Crippen LogP contribution in [-0.2, 0) is 6.54 Å². The quantitative estimate of drug-likeness (QED) is 0.299. The molecule has 0 aromatic heterocycles. The molecule has 0 saturated heterocycles. The summed E-state index contributed by atoms with van der Waals surface area (Å²) in [5.74, 6) is 3.78. The average Bonchev–Trinajstić information content (AvgIpc) is 2.98. The van der Waals surface area contributed by atoms with E-state index in [-0.39, 0.29) is 24.0 Å². The molecule has 1 aliphatic heterocycles. The maximum atomic E-state index is 5.42. The first-order valence-corrected chi connectivity index (χ1v) is 8.93. The molecule has 0 unspecified atom stereocenters. The van der Waals surface area contributed by atoms with Gasteiger partial charge in [0.15, 0.2) is 17.5 Å². The number of fused-ring (bicyclic) bond motifs is 1. The first kappa shape index (κ1) is 20.2. The molecule has 130 valence electrons. The molecular weight excluding hydrogens is 425 g/mol. The van der Waals surface area contributed by atoms with Crippen molar-refractivity contribution in [2.24, 2.45) is 4.99 Å². The van der Waals surface area contributed by atoms with Crippen LogP contribution in [0.5, 0.6) is 11.5 Å². The molecule has 23 heavy (non-hydrogen) atoms. The molecule has 0 spiro atoms. The minimum atomic E-state index is 0. The zero-order valence-electron chi connectivity index (χ0n) is 14.0. The number of nitrogens with one attached hydrogen (secondary N) is 1. The monoisotopic (exact) mass is 451 g/mol. The number of rotatable bonds is 7. The Hall–Kier alpha value is -0.830. The van der Waals surface area contributed by atoms with Crippen LogP contribution in [0.25, 0.3) is 0 Å². The fourth-order valence-electron chi connectivity index (χ4n) is 2.34. The van der Waals surface area contributed by atoms with Gasteiger partial charge in [-0.2, -0.15) is 11.8 Å². The molecule has 1 N–H and O–H groups in total. The summed E-state index contributed by atoms with van der Waals surface area (Å²) in [6.07, 6.45) is 4.54. The SMILES string of the molecule is CN=C(NCCCCSC)N(C)Cc1ccc2c(c1)OCO2.I. The van der Waals surface area contributed by atoms with Gasteiger partial charge in [0.2, 0.25) is 6.79 Å². The molecule has 0 bridgehead atoms. The molecule has 0 aliphatic carbocycles. The molecule has 1 heterocycles. The Balaban J connectivity index is 0.00000264. The van der Waals surface area contributed by atoms with E-state index in [1.807, 2.05) is 38.0 Å². The van der Waals surface area contributed by atoms with Gasteiger partial charge in [0, 0.05) is 27.2 Å². The zero-order chi connectivity index (χ0) is 15.8. The molecule has 7 heteroatoms. The molecular formula is C16H26IN3O2S. The molecule has 2 rings (SSSR count). The third kappa shape index (κ3) is 6.29. The minimum absolute atomic E-state index is 0. The summed E-state index contributed by atoms with van der Waals surface area (Å²) in [7, 11) is 3.86. The van der Waals surface area contributed by atoms with E-state index in [2.05, 4.69) is 27.5 Å². The third-order valence-corrected chi connectivity index (χ3v) is 4.19. The summed E-state index contributed by atoms with van der Waals surface area (Å²) in [4.78, 5) is 6.46. The van der Waals surface area contributed by atoms with Crippen molar-refractivity contribution in [2.45, 2.75) is 19.4 Å². The van der Waals surface area contributed by atoms with Crippen LogP contribution in [0.4, 0.5) is 0 Å². The molecule has 0 atom stereocenters. The number of aliphatic imine (C=N–C) groups is 1. The summed E-state index contributed by atoms with van der Waals surface area (Å²) >= 11 is 1.89. The Labute approximate surface area is 160 Å². The number of ether oxygens (including phenoxy) is 2. The minimum Gasteiger partial charge on any atom is -0.454 e. The van der Waals surface area contributed by atoms with Crippen molar-refractivity contribution in [3.63, 3.8) is 0 Å². The summed E-state index contributed by atoms with van der Waals surface area (Å²) in [5, 5.41) is 3.41. The number of nitrogens with zero attached hydrogens (tertiary/aromatic N) is 2. The maximum absolute atomic E-state index is 5.42. The molecule has 0 saturated carbocycles. The smallest absolute Gasteiger partial charge is 0.231 e. The van der Waals surface area contributed by atoms with E-state index in [1.54, 1.807) is 0 Å². The van der Waals surface area contributed by atoms with Gasteiger partial charge < -0.3 is 19.7 Å². The molecule has 1 aromatic rings. The van der Waals surface area contributed by atoms with E-state index < -0.39 is 0 Å². The standard InChI is InChI=1S/C16H25N3O2S.HI/c1-17-16(18-8-4-5-9-22-3)19(2)11-13-6-7-14-15(10-13)21-12-20-14;/h6-7,10H,4-5,8-9,11-12H2,1-3H3,(H,17,18);1H. The van der Waals surface area contributed by atoms with E-state index in [0.717, 1.165) is 37.0 Å². The van der Waals surface area contributed by atoms with Crippen LogP contribution in [0.2, 0.25) is 0 Å². The van der Waals surface area contributed by atoms with Gasteiger partial charge in [0.05, 0.1) is 0 Å². The average molecular weight is 451 g/mol. The predicted molar refractivity (Wildman–Crippen MR) is 108 cm³/mol. The highest BCUT2D eigenvalue weighted by molar-refractivity contribution is 14.0. The number of benzene rings is 1. The van der Waals surface area contributed by atoms with Gasteiger partial charge in [0.25, 0.3) is 0 Å². The van der Waals surface area contributed by atoms with Gasteiger partial charge in [-0.25, -0.2) is 0 Å². The number of hydrogen-bond acceptors (Lipinski definition) is 4. The van der Waals surface area contributed by atoms with Crippen molar-refractivity contribution in [2.75, 3.05) is 39.4 Å². The first-order valence-electron chi connectivity index (χ1n) is 7.54. The second-order valence-corrected chi connectivity index (χ2v) is 6.20. The molecule has 0 amide bonds. The van der Waals surface area contributed by atoms with E-state index in [0.29, 0.717) is 6.79 Å². The Kier molecular flexibility index (Phi) is 9.54. The van der Waals surface area contributed by atoms with Gasteiger partial charge in [-0.1, -0.05) is 6.07 Å². The van der Waals surface area contributed by atoms with Crippen LogP contribution < -0.4 is 14.8 Å². The van der Waals surface area contributed by atoms with Crippen LogP contribution in [0.1, 0.15) is 18.4 Å². The van der Waals surface area contributed by atoms with Crippen molar-refractivity contribution in [3.05, 3.63) is 23.8 Å². The van der Waals surface area contributed by atoms with Gasteiger partial charge in [-0.3, -0.25) is 4.99 Å². The highest BCUT2D eigenvalue weighted by Gasteiger charge is 2.14. The van der Waals surface area contributed by atoms with Crippen LogP contribution in [0, 0.1) is 0 Å². The summed E-state index contributed by atoms with van der Waals surface area (Å²) in [6.45, 7) is 2.05. The number of unbranched alkanes of at least 4 members (excludes halogenated alkanes) is 1. The number of guanidine groups is 1. The lowest BCUT2D eigenvalue weighted by Crippen LogP contribution is -2.38. The first-order chi connectivity index (χ1) is 10.7. The Morgan fingerprint density at radius 2 is 2.09 bits per heavy atom. The third-order valence-electron chi connectivity index (χ3n) is 3.49. The summed E-state index contributed by atoms with van der Waals surface area (Å²) in [5.41, 5.74) is 1.18. The van der Waals surface area contributed by atoms with Gasteiger partial charge in [-0.05, 0) is 42.5 Å². The Morgan fingerprint density at radius 1 is 1.30 bits per heavy atom. The van der Waals surface area contributed by atoms with Crippen molar-refractivity contribution < 1.29 is 9.47 Å². The maximum Gasteiger partial charge on any atom is 0.231 e. The molecule has 0 fully saturated rings. The van der Waals surface area contributed by atoms with Crippen LogP contribution >= 0.6 is 35.7 Å².